The van der Waals surface area contributed by atoms with E-state index in [-0.39, 0.29) is 18.4 Å². The van der Waals surface area contributed by atoms with Crippen molar-refractivity contribution in [1.82, 2.24) is 5.32 Å². The molecule has 6 nitrogen and oxygen atoms in total. The van der Waals surface area contributed by atoms with Crippen molar-refractivity contribution in [2.75, 3.05) is 25.1 Å². The summed E-state index contributed by atoms with van der Waals surface area (Å²) in [6, 6.07) is 12.9. The maximum atomic E-state index is 12.3. The van der Waals surface area contributed by atoms with E-state index >= 15 is 0 Å². The second-order valence-corrected chi connectivity index (χ2v) is 5.94. The van der Waals surface area contributed by atoms with Crippen molar-refractivity contribution in [3.05, 3.63) is 53.6 Å². The molecule has 0 unspecified atom stereocenters. The maximum Gasteiger partial charge on any atom is 0.257 e. The Hall–Kier alpha value is -3.28. The van der Waals surface area contributed by atoms with E-state index in [0.29, 0.717) is 30.2 Å². The number of carbonyl (C=O) groups excluding carboxylic acids is 2. The first-order valence-electron chi connectivity index (χ1n) is 8.91. The largest absolute Gasteiger partial charge is 0.490 e. The van der Waals surface area contributed by atoms with Crippen molar-refractivity contribution < 1.29 is 19.1 Å². The van der Waals surface area contributed by atoms with Gasteiger partial charge in [-0.15, -0.1) is 0 Å². The van der Waals surface area contributed by atoms with Gasteiger partial charge in [0.2, 0.25) is 0 Å². The topological polar surface area (TPSA) is 76.7 Å². The zero-order valence-corrected chi connectivity index (χ0v) is 15.4. The minimum absolute atomic E-state index is 0.0792. The van der Waals surface area contributed by atoms with Crippen LogP contribution in [0.5, 0.6) is 11.5 Å². The standard InChI is InChI=1S/C21H22N2O4/c1-3-22-20(24)13-27-18-10-9-14(12-19(18)26-4-2)11-16-15-7-5-6-8-17(15)23-21(16)25/h5-12H,3-4,13H2,1-2H3,(H,22,24)(H,23,25). The second-order valence-electron chi connectivity index (χ2n) is 5.94. The maximum absolute atomic E-state index is 12.3. The molecule has 0 bridgehead atoms. The average molecular weight is 366 g/mol. The van der Waals surface area contributed by atoms with Crippen molar-refractivity contribution in [2.24, 2.45) is 0 Å². The summed E-state index contributed by atoms with van der Waals surface area (Å²) in [6.07, 6.45) is 1.82. The van der Waals surface area contributed by atoms with Gasteiger partial charge in [-0.05, 0) is 43.7 Å². The molecule has 0 radical (unpaired) electrons. The number of ether oxygens (including phenoxy) is 2. The Morgan fingerprint density at radius 1 is 1.11 bits per heavy atom. The molecule has 0 saturated heterocycles. The molecule has 2 N–H and O–H groups in total. The fourth-order valence-electron chi connectivity index (χ4n) is 2.84. The number of amides is 2. The van der Waals surface area contributed by atoms with E-state index in [1.165, 1.54) is 0 Å². The molecule has 27 heavy (non-hydrogen) atoms. The zero-order chi connectivity index (χ0) is 19.2. The first-order chi connectivity index (χ1) is 13.1. The minimum atomic E-state index is -0.189. The fourth-order valence-corrected chi connectivity index (χ4v) is 2.84. The van der Waals surface area contributed by atoms with Crippen molar-refractivity contribution >= 4 is 29.2 Å². The van der Waals surface area contributed by atoms with Crippen LogP contribution in [-0.4, -0.2) is 31.6 Å². The molecule has 1 aliphatic heterocycles. The van der Waals surface area contributed by atoms with Crippen LogP contribution in [-0.2, 0) is 9.59 Å². The highest BCUT2D eigenvalue weighted by Gasteiger charge is 2.23. The van der Waals surface area contributed by atoms with Gasteiger partial charge in [0, 0.05) is 23.4 Å². The Morgan fingerprint density at radius 2 is 1.93 bits per heavy atom. The lowest BCUT2D eigenvalue weighted by Crippen LogP contribution is -2.28. The van der Waals surface area contributed by atoms with Crippen LogP contribution in [0.15, 0.2) is 42.5 Å². The predicted octanol–water partition coefficient (Wildman–Crippen LogP) is 3.09. The number of likely N-dealkylation sites (N-methyl/N-ethyl adjacent to an activating group) is 1. The highest BCUT2D eigenvalue weighted by Crippen LogP contribution is 2.34. The van der Waals surface area contributed by atoms with E-state index in [0.717, 1.165) is 16.8 Å². The summed E-state index contributed by atoms with van der Waals surface area (Å²) in [4.78, 5) is 23.9. The third-order valence-electron chi connectivity index (χ3n) is 4.02. The summed E-state index contributed by atoms with van der Waals surface area (Å²) in [5, 5.41) is 5.54. The van der Waals surface area contributed by atoms with Gasteiger partial charge < -0.3 is 20.1 Å². The number of benzene rings is 2. The molecule has 2 aromatic carbocycles. The van der Waals surface area contributed by atoms with Gasteiger partial charge in [0.25, 0.3) is 11.8 Å². The Kier molecular flexibility index (Phi) is 5.76. The molecule has 1 heterocycles. The third kappa shape index (κ3) is 4.28. The highest BCUT2D eigenvalue weighted by molar-refractivity contribution is 6.34. The molecule has 2 aromatic rings. The first kappa shape index (κ1) is 18.5. The number of hydrogen-bond donors (Lipinski definition) is 2. The smallest absolute Gasteiger partial charge is 0.257 e. The Balaban J connectivity index is 1.86. The summed E-state index contributed by atoms with van der Waals surface area (Å²) in [6.45, 7) is 4.66. The van der Waals surface area contributed by atoms with Gasteiger partial charge in [0.05, 0.1) is 6.61 Å². The quantitative estimate of drug-likeness (QED) is 0.739. The van der Waals surface area contributed by atoms with Gasteiger partial charge in [-0.25, -0.2) is 0 Å². The van der Waals surface area contributed by atoms with Crippen molar-refractivity contribution in [3.8, 4) is 11.5 Å². The van der Waals surface area contributed by atoms with Gasteiger partial charge in [-0.3, -0.25) is 9.59 Å². The molecule has 6 heteroatoms. The molecule has 0 aromatic heterocycles. The summed E-state index contributed by atoms with van der Waals surface area (Å²) >= 11 is 0. The minimum Gasteiger partial charge on any atom is -0.490 e. The SMILES string of the molecule is CCNC(=O)COc1ccc(C=C2C(=O)Nc3ccccc32)cc1OCC. The van der Waals surface area contributed by atoms with E-state index in [1.807, 2.05) is 50.3 Å². The summed E-state index contributed by atoms with van der Waals surface area (Å²) in [7, 11) is 0. The van der Waals surface area contributed by atoms with Gasteiger partial charge >= 0.3 is 0 Å². The molecule has 0 aliphatic carbocycles. The Labute approximate surface area is 158 Å². The molecule has 140 valence electrons. The number of hydrogen-bond acceptors (Lipinski definition) is 4. The lowest BCUT2D eigenvalue weighted by molar-refractivity contribution is -0.123. The first-order valence-corrected chi connectivity index (χ1v) is 8.91. The van der Waals surface area contributed by atoms with Crippen LogP contribution in [0.4, 0.5) is 5.69 Å². The lowest BCUT2D eigenvalue weighted by atomic mass is 10.0. The second kappa shape index (κ2) is 8.40. The average Bonchev–Trinajstić information content (AvgIpc) is 2.97. The van der Waals surface area contributed by atoms with E-state index in [4.69, 9.17) is 9.47 Å². The number of para-hydroxylation sites is 1. The van der Waals surface area contributed by atoms with E-state index in [1.54, 1.807) is 12.1 Å². The molecule has 2 amide bonds. The molecule has 0 spiro atoms. The van der Waals surface area contributed by atoms with Crippen LogP contribution in [0, 0.1) is 0 Å². The molecule has 3 rings (SSSR count). The van der Waals surface area contributed by atoms with Crippen LogP contribution >= 0.6 is 0 Å². The van der Waals surface area contributed by atoms with Crippen LogP contribution in [0.2, 0.25) is 0 Å². The van der Waals surface area contributed by atoms with E-state index in [2.05, 4.69) is 10.6 Å². The van der Waals surface area contributed by atoms with Crippen LogP contribution in [0.1, 0.15) is 25.0 Å². The predicted molar refractivity (Wildman–Crippen MR) is 105 cm³/mol. The Morgan fingerprint density at radius 3 is 2.70 bits per heavy atom. The number of anilines is 1. The number of fused-ring (bicyclic) bond motifs is 1. The van der Waals surface area contributed by atoms with Crippen LogP contribution in [0.3, 0.4) is 0 Å². The van der Waals surface area contributed by atoms with Crippen molar-refractivity contribution in [2.45, 2.75) is 13.8 Å². The number of rotatable bonds is 7. The molecular formula is C21H22N2O4. The molecule has 0 fully saturated rings. The summed E-state index contributed by atoms with van der Waals surface area (Å²) < 4.78 is 11.2. The van der Waals surface area contributed by atoms with Gasteiger partial charge in [-0.1, -0.05) is 24.3 Å². The van der Waals surface area contributed by atoms with Gasteiger partial charge in [0.15, 0.2) is 18.1 Å². The number of nitrogens with one attached hydrogen (secondary N) is 2. The van der Waals surface area contributed by atoms with Crippen LogP contribution in [0.25, 0.3) is 11.6 Å². The highest BCUT2D eigenvalue weighted by atomic mass is 16.5. The van der Waals surface area contributed by atoms with Crippen molar-refractivity contribution in [1.29, 1.82) is 0 Å². The molecular weight excluding hydrogens is 344 g/mol. The summed E-state index contributed by atoms with van der Waals surface area (Å²) in [5.41, 5.74) is 3.09. The van der Waals surface area contributed by atoms with Crippen LogP contribution < -0.4 is 20.1 Å². The number of carbonyl (C=O) groups is 2. The van der Waals surface area contributed by atoms with Crippen molar-refractivity contribution in [3.63, 3.8) is 0 Å². The third-order valence-corrected chi connectivity index (χ3v) is 4.02. The molecule has 1 aliphatic rings. The normalized spacial score (nSPS) is 13.9. The molecule has 0 atom stereocenters. The lowest BCUT2D eigenvalue weighted by Gasteiger charge is -2.12. The van der Waals surface area contributed by atoms with Gasteiger partial charge in [0.1, 0.15) is 0 Å². The van der Waals surface area contributed by atoms with E-state index < -0.39 is 0 Å². The van der Waals surface area contributed by atoms with E-state index in [9.17, 15) is 9.59 Å². The Bertz CT molecular complexity index is 890. The molecule has 0 saturated carbocycles. The summed E-state index contributed by atoms with van der Waals surface area (Å²) in [5.74, 6) is 0.695. The van der Waals surface area contributed by atoms with Gasteiger partial charge in [-0.2, -0.15) is 0 Å². The zero-order valence-electron chi connectivity index (χ0n) is 15.4. The monoisotopic (exact) mass is 366 g/mol. The fraction of sp³-hybridized carbons (Fsp3) is 0.238.